The topological polar surface area (TPSA) is 26.3 Å². The molecule has 2 nitrogen and oxygen atoms in total. The first-order chi connectivity index (χ1) is 7.79. The van der Waals surface area contributed by atoms with Crippen molar-refractivity contribution in [3.05, 3.63) is 35.4 Å². The summed E-state index contributed by atoms with van der Waals surface area (Å²) >= 11 is 5.41. The van der Waals surface area contributed by atoms with Gasteiger partial charge in [0, 0.05) is 0 Å². The summed E-state index contributed by atoms with van der Waals surface area (Å²) in [5, 5.41) is 0. The summed E-state index contributed by atoms with van der Waals surface area (Å²) in [5.74, 6) is 0.924. The molecule has 0 radical (unpaired) electrons. The first-order valence-electron chi connectivity index (χ1n) is 5.32. The Morgan fingerprint density at radius 1 is 1.50 bits per heavy atom. The van der Waals surface area contributed by atoms with Gasteiger partial charge in [0.2, 0.25) is 0 Å². The summed E-state index contributed by atoms with van der Waals surface area (Å²) in [6, 6.07) is 5.97. The second-order valence-corrected chi connectivity index (χ2v) is 4.02. The molecule has 2 rings (SSSR count). The Labute approximate surface area is 99.9 Å². The number of allylic oxidation sites excluding steroid dienone is 1. The van der Waals surface area contributed by atoms with E-state index >= 15 is 0 Å². The lowest BCUT2D eigenvalue weighted by atomic mass is 10.0. The number of halogens is 1. The number of fused-ring (bicyclic) bond motifs is 1. The molecule has 0 saturated heterocycles. The van der Waals surface area contributed by atoms with E-state index in [0.717, 1.165) is 30.8 Å². The summed E-state index contributed by atoms with van der Waals surface area (Å²) in [6.45, 7) is 0.799. The van der Waals surface area contributed by atoms with Gasteiger partial charge in [-0.15, -0.1) is 11.6 Å². The Morgan fingerprint density at radius 3 is 3.19 bits per heavy atom. The molecule has 1 aliphatic rings. The van der Waals surface area contributed by atoms with Crippen molar-refractivity contribution in [2.75, 3.05) is 12.5 Å². The van der Waals surface area contributed by atoms with Gasteiger partial charge in [-0.2, -0.15) is 0 Å². The van der Waals surface area contributed by atoms with Crippen LogP contribution in [0.4, 0.5) is 0 Å². The number of aryl methyl sites for hydroxylation is 1. The van der Waals surface area contributed by atoms with Crippen LogP contribution < -0.4 is 4.74 Å². The zero-order valence-corrected chi connectivity index (χ0v) is 9.67. The molecular formula is C13H13ClO2. The highest BCUT2D eigenvalue weighted by atomic mass is 35.5. The smallest absolute Gasteiger partial charge is 0.170 e. The van der Waals surface area contributed by atoms with Crippen LogP contribution in [0, 0.1) is 0 Å². The molecule has 16 heavy (non-hydrogen) atoms. The van der Waals surface area contributed by atoms with E-state index in [1.807, 2.05) is 12.1 Å². The molecule has 0 aromatic heterocycles. The summed E-state index contributed by atoms with van der Waals surface area (Å²) in [7, 11) is 0. The second kappa shape index (κ2) is 5.17. The normalized spacial score (nSPS) is 14.6. The molecule has 1 heterocycles. The second-order valence-electron chi connectivity index (χ2n) is 3.75. The Balaban J connectivity index is 2.17. The molecule has 1 aromatic carbocycles. The number of rotatable bonds is 3. The molecule has 1 aromatic rings. The third-order valence-electron chi connectivity index (χ3n) is 2.53. The molecule has 0 spiro atoms. The van der Waals surface area contributed by atoms with Crippen molar-refractivity contribution < 1.29 is 9.53 Å². The predicted octanol–water partition coefficient (Wildman–Crippen LogP) is 2.83. The minimum atomic E-state index is -0.0735. The monoisotopic (exact) mass is 236 g/mol. The molecule has 0 amide bonds. The fourth-order valence-corrected chi connectivity index (χ4v) is 1.81. The van der Waals surface area contributed by atoms with E-state index < -0.39 is 0 Å². The van der Waals surface area contributed by atoms with Gasteiger partial charge < -0.3 is 4.74 Å². The quantitative estimate of drug-likeness (QED) is 0.596. The predicted molar refractivity (Wildman–Crippen MR) is 65.0 cm³/mol. The SMILES string of the molecule is O=C(C=Cc1ccc2c(c1)CCCO2)CCl. The molecule has 1 aliphatic heterocycles. The van der Waals surface area contributed by atoms with Gasteiger partial charge in [0.25, 0.3) is 0 Å². The number of ketones is 1. The van der Waals surface area contributed by atoms with Crippen LogP contribution in [0.2, 0.25) is 0 Å². The zero-order valence-electron chi connectivity index (χ0n) is 8.91. The molecule has 0 fully saturated rings. The Kier molecular flexibility index (Phi) is 3.62. The van der Waals surface area contributed by atoms with Crippen LogP contribution in [0.5, 0.6) is 5.75 Å². The number of alkyl halides is 1. The van der Waals surface area contributed by atoms with Crippen molar-refractivity contribution in [2.24, 2.45) is 0 Å². The van der Waals surface area contributed by atoms with Crippen molar-refractivity contribution >= 4 is 23.5 Å². The van der Waals surface area contributed by atoms with E-state index in [1.165, 1.54) is 11.6 Å². The van der Waals surface area contributed by atoms with Gasteiger partial charge in [0.1, 0.15) is 5.75 Å². The fraction of sp³-hybridized carbons (Fsp3) is 0.308. The van der Waals surface area contributed by atoms with Crippen molar-refractivity contribution in [3.63, 3.8) is 0 Å². The van der Waals surface area contributed by atoms with E-state index in [2.05, 4.69) is 6.07 Å². The van der Waals surface area contributed by atoms with Crippen LogP contribution in [-0.4, -0.2) is 18.3 Å². The van der Waals surface area contributed by atoms with Crippen molar-refractivity contribution in [2.45, 2.75) is 12.8 Å². The van der Waals surface area contributed by atoms with Gasteiger partial charge in [0.05, 0.1) is 12.5 Å². The zero-order chi connectivity index (χ0) is 11.4. The minimum absolute atomic E-state index is 0.0323. The average molecular weight is 237 g/mol. The van der Waals surface area contributed by atoms with Gasteiger partial charge in [0.15, 0.2) is 5.78 Å². The van der Waals surface area contributed by atoms with Crippen molar-refractivity contribution in [3.8, 4) is 5.75 Å². The highest BCUT2D eigenvalue weighted by Gasteiger charge is 2.09. The third kappa shape index (κ3) is 2.64. The molecule has 0 unspecified atom stereocenters. The Bertz CT molecular complexity index is 424. The summed E-state index contributed by atoms with van der Waals surface area (Å²) in [6.07, 6.45) is 5.40. The lowest BCUT2D eigenvalue weighted by Gasteiger charge is -2.17. The summed E-state index contributed by atoms with van der Waals surface area (Å²) in [4.78, 5) is 11.0. The molecule has 0 atom stereocenters. The number of carbonyl (C=O) groups excluding carboxylic acids is 1. The maximum absolute atomic E-state index is 11.0. The fourth-order valence-electron chi connectivity index (χ4n) is 1.72. The summed E-state index contributed by atoms with van der Waals surface area (Å²) < 4.78 is 5.51. The van der Waals surface area contributed by atoms with E-state index in [4.69, 9.17) is 16.3 Å². The number of hydrogen-bond donors (Lipinski definition) is 0. The molecule has 0 bridgehead atoms. The Morgan fingerprint density at radius 2 is 2.38 bits per heavy atom. The van der Waals surface area contributed by atoms with E-state index in [0.29, 0.717) is 0 Å². The Hall–Kier alpha value is -1.28. The van der Waals surface area contributed by atoms with Gasteiger partial charge in [-0.3, -0.25) is 4.79 Å². The van der Waals surface area contributed by atoms with Crippen LogP contribution in [0.3, 0.4) is 0 Å². The largest absolute Gasteiger partial charge is 0.493 e. The van der Waals surface area contributed by atoms with Gasteiger partial charge in [-0.25, -0.2) is 0 Å². The number of benzene rings is 1. The average Bonchev–Trinajstić information content (AvgIpc) is 2.35. The number of hydrogen-bond acceptors (Lipinski definition) is 2. The van der Waals surface area contributed by atoms with Gasteiger partial charge in [-0.1, -0.05) is 12.1 Å². The van der Waals surface area contributed by atoms with E-state index in [1.54, 1.807) is 6.08 Å². The molecule has 0 saturated carbocycles. The van der Waals surface area contributed by atoms with E-state index in [-0.39, 0.29) is 11.7 Å². The van der Waals surface area contributed by atoms with Crippen molar-refractivity contribution in [1.82, 2.24) is 0 Å². The highest BCUT2D eigenvalue weighted by Crippen LogP contribution is 2.25. The van der Waals surface area contributed by atoms with Gasteiger partial charge >= 0.3 is 0 Å². The van der Waals surface area contributed by atoms with Crippen LogP contribution in [0.25, 0.3) is 6.08 Å². The summed E-state index contributed by atoms with van der Waals surface area (Å²) in [5.41, 5.74) is 2.23. The molecular weight excluding hydrogens is 224 g/mol. The standard InChI is InChI=1S/C13H13ClO2/c14-9-12(15)5-3-10-4-6-13-11(8-10)2-1-7-16-13/h3-6,8H,1-2,7,9H2. The number of ether oxygens (including phenoxy) is 1. The molecule has 84 valence electrons. The van der Waals surface area contributed by atoms with Gasteiger partial charge in [-0.05, 0) is 42.2 Å². The highest BCUT2D eigenvalue weighted by molar-refractivity contribution is 6.29. The molecule has 0 N–H and O–H groups in total. The van der Waals surface area contributed by atoms with Crippen LogP contribution in [0.15, 0.2) is 24.3 Å². The lowest BCUT2D eigenvalue weighted by molar-refractivity contribution is -0.112. The number of carbonyl (C=O) groups is 1. The molecule has 3 heteroatoms. The minimum Gasteiger partial charge on any atom is -0.493 e. The third-order valence-corrected chi connectivity index (χ3v) is 2.79. The van der Waals surface area contributed by atoms with E-state index in [9.17, 15) is 4.79 Å². The van der Waals surface area contributed by atoms with Crippen LogP contribution in [0.1, 0.15) is 17.5 Å². The molecule has 0 aliphatic carbocycles. The maximum Gasteiger partial charge on any atom is 0.170 e. The lowest BCUT2D eigenvalue weighted by Crippen LogP contribution is -2.08. The van der Waals surface area contributed by atoms with Crippen LogP contribution >= 0.6 is 11.6 Å². The van der Waals surface area contributed by atoms with Crippen LogP contribution in [-0.2, 0) is 11.2 Å². The van der Waals surface area contributed by atoms with Crippen molar-refractivity contribution in [1.29, 1.82) is 0 Å². The first kappa shape index (κ1) is 11.2. The first-order valence-corrected chi connectivity index (χ1v) is 5.85. The maximum atomic E-state index is 11.0.